The number of rotatable bonds is 8. The number of nitrogens with one attached hydrogen (secondary N) is 1. The molecule has 1 saturated carbocycles. The molecule has 1 aliphatic heterocycles. The van der Waals surface area contributed by atoms with E-state index >= 15 is 0 Å². The van der Waals surface area contributed by atoms with E-state index in [0.29, 0.717) is 44.2 Å². The van der Waals surface area contributed by atoms with Crippen LogP contribution in [-0.4, -0.2) is 44.5 Å². The molecule has 6 heteroatoms. The molecule has 166 valence electrons. The molecule has 1 saturated heterocycles. The molecule has 4 rings (SSSR count). The Kier molecular flexibility index (Phi) is 7.43. The van der Waals surface area contributed by atoms with Crippen LogP contribution < -0.4 is 14.8 Å². The van der Waals surface area contributed by atoms with Gasteiger partial charge in [-0.15, -0.1) is 0 Å². The highest BCUT2D eigenvalue weighted by Gasteiger charge is 2.34. The van der Waals surface area contributed by atoms with E-state index in [-0.39, 0.29) is 24.2 Å². The van der Waals surface area contributed by atoms with E-state index in [9.17, 15) is 4.79 Å². The Morgan fingerprint density at radius 2 is 1.81 bits per heavy atom. The number of carbonyl (C=O) groups is 1. The molecule has 0 unspecified atom stereocenters. The second kappa shape index (κ2) is 10.6. The van der Waals surface area contributed by atoms with E-state index in [1.807, 2.05) is 48.5 Å². The molecule has 0 radical (unpaired) electrons. The predicted molar refractivity (Wildman–Crippen MR) is 117 cm³/mol. The molecule has 6 nitrogen and oxygen atoms in total. The zero-order chi connectivity index (χ0) is 21.5. The third kappa shape index (κ3) is 5.99. The summed E-state index contributed by atoms with van der Waals surface area (Å²) in [6.07, 6.45) is 4.10. The third-order valence-corrected chi connectivity index (χ3v) is 5.95. The minimum atomic E-state index is 0.0720. The molecule has 2 aliphatic rings. The first kappa shape index (κ1) is 21.7. The maximum atomic E-state index is 12.5. The van der Waals surface area contributed by atoms with E-state index in [4.69, 9.17) is 18.9 Å². The van der Waals surface area contributed by atoms with Gasteiger partial charge in [0, 0.05) is 12.5 Å². The van der Waals surface area contributed by atoms with E-state index in [1.165, 1.54) is 0 Å². The Labute approximate surface area is 183 Å². The summed E-state index contributed by atoms with van der Waals surface area (Å²) in [5.41, 5.74) is 2.14. The van der Waals surface area contributed by atoms with Crippen LogP contribution in [-0.2, 0) is 27.3 Å². The van der Waals surface area contributed by atoms with Crippen molar-refractivity contribution in [3.63, 3.8) is 0 Å². The van der Waals surface area contributed by atoms with Gasteiger partial charge in [0.15, 0.2) is 11.5 Å². The van der Waals surface area contributed by atoms with Gasteiger partial charge in [-0.05, 0) is 48.9 Å². The average Bonchev–Trinajstić information content (AvgIpc) is 2.82. The lowest BCUT2D eigenvalue weighted by molar-refractivity contribution is -0.158. The van der Waals surface area contributed by atoms with Crippen molar-refractivity contribution in [1.29, 1.82) is 0 Å². The van der Waals surface area contributed by atoms with Gasteiger partial charge in [0.05, 0.1) is 32.5 Å². The van der Waals surface area contributed by atoms with Gasteiger partial charge in [0.1, 0.15) is 6.61 Å². The highest BCUT2D eigenvalue weighted by atomic mass is 16.6. The third-order valence-electron chi connectivity index (χ3n) is 5.95. The summed E-state index contributed by atoms with van der Waals surface area (Å²) < 4.78 is 23.0. The summed E-state index contributed by atoms with van der Waals surface area (Å²) in [5.74, 6) is 1.45. The Morgan fingerprint density at radius 1 is 1.00 bits per heavy atom. The fourth-order valence-electron chi connectivity index (χ4n) is 4.28. The molecular formula is C25H31NO5. The summed E-state index contributed by atoms with van der Waals surface area (Å²) in [6, 6.07) is 16.0. The molecule has 1 heterocycles. The lowest BCUT2D eigenvalue weighted by atomic mass is 9.89. The number of amides is 1. The van der Waals surface area contributed by atoms with Crippen molar-refractivity contribution in [2.75, 3.05) is 20.3 Å². The van der Waals surface area contributed by atoms with Crippen LogP contribution in [0.4, 0.5) is 0 Å². The van der Waals surface area contributed by atoms with Crippen LogP contribution in [0.5, 0.6) is 11.5 Å². The topological polar surface area (TPSA) is 66.0 Å². The maximum Gasteiger partial charge on any atom is 0.220 e. The summed E-state index contributed by atoms with van der Waals surface area (Å²) >= 11 is 0. The molecule has 0 bridgehead atoms. The Balaban J connectivity index is 1.28. The molecular weight excluding hydrogens is 394 g/mol. The summed E-state index contributed by atoms with van der Waals surface area (Å²) in [5, 5.41) is 3.18. The first-order valence-corrected chi connectivity index (χ1v) is 11.1. The highest BCUT2D eigenvalue weighted by molar-refractivity contribution is 5.76. The fraction of sp³-hybridized carbons (Fsp3) is 0.480. The van der Waals surface area contributed by atoms with E-state index in [2.05, 4.69) is 5.32 Å². The number of fused-ring (bicyclic) bond motifs is 1. The molecule has 3 atom stereocenters. The van der Waals surface area contributed by atoms with Crippen LogP contribution >= 0.6 is 0 Å². The highest BCUT2D eigenvalue weighted by Crippen LogP contribution is 2.30. The van der Waals surface area contributed by atoms with Crippen molar-refractivity contribution >= 4 is 5.91 Å². The van der Waals surface area contributed by atoms with Gasteiger partial charge in [0.25, 0.3) is 0 Å². The SMILES string of the molecule is COc1ccc(CCC(=O)N[C@@H]2CC[C@@H]3OCCO[C@H]3C2)cc1OCc1ccccc1. The van der Waals surface area contributed by atoms with Crippen molar-refractivity contribution < 1.29 is 23.7 Å². The Hall–Kier alpha value is -2.57. The first-order chi connectivity index (χ1) is 15.2. The lowest BCUT2D eigenvalue weighted by Crippen LogP contribution is -2.49. The molecule has 2 aromatic carbocycles. The van der Waals surface area contributed by atoms with E-state index < -0.39 is 0 Å². The molecule has 0 spiro atoms. The molecule has 0 aromatic heterocycles. The number of benzene rings is 2. The number of carbonyl (C=O) groups excluding carboxylic acids is 1. The van der Waals surface area contributed by atoms with Gasteiger partial charge in [0.2, 0.25) is 5.91 Å². The quantitative estimate of drug-likeness (QED) is 0.699. The van der Waals surface area contributed by atoms with Crippen molar-refractivity contribution in [3.05, 3.63) is 59.7 Å². The number of ether oxygens (including phenoxy) is 4. The summed E-state index contributed by atoms with van der Waals surface area (Å²) in [6.45, 7) is 1.79. The van der Waals surface area contributed by atoms with Gasteiger partial charge >= 0.3 is 0 Å². The molecule has 1 aliphatic carbocycles. The second-order valence-corrected chi connectivity index (χ2v) is 8.16. The van der Waals surface area contributed by atoms with Gasteiger partial charge in [-0.3, -0.25) is 4.79 Å². The van der Waals surface area contributed by atoms with E-state index in [0.717, 1.165) is 30.4 Å². The largest absolute Gasteiger partial charge is 0.493 e. The molecule has 2 aromatic rings. The van der Waals surface area contributed by atoms with Crippen LogP contribution in [0, 0.1) is 0 Å². The van der Waals surface area contributed by atoms with Gasteiger partial charge < -0.3 is 24.3 Å². The number of hydrogen-bond donors (Lipinski definition) is 1. The average molecular weight is 426 g/mol. The first-order valence-electron chi connectivity index (χ1n) is 11.1. The lowest BCUT2D eigenvalue weighted by Gasteiger charge is -2.39. The van der Waals surface area contributed by atoms with Crippen LogP contribution in [0.15, 0.2) is 48.5 Å². The van der Waals surface area contributed by atoms with E-state index in [1.54, 1.807) is 7.11 Å². The normalized spacial score (nSPS) is 22.9. The summed E-state index contributed by atoms with van der Waals surface area (Å²) in [4.78, 5) is 12.5. The minimum absolute atomic E-state index is 0.0720. The molecule has 1 N–H and O–H groups in total. The number of aryl methyl sites for hydroxylation is 1. The predicted octanol–water partition coefficient (Wildman–Crippen LogP) is 3.66. The number of hydrogen-bond acceptors (Lipinski definition) is 5. The van der Waals surface area contributed by atoms with Crippen LogP contribution in [0.2, 0.25) is 0 Å². The molecule has 1 amide bonds. The van der Waals surface area contributed by atoms with Crippen LogP contribution in [0.3, 0.4) is 0 Å². The van der Waals surface area contributed by atoms with Gasteiger partial charge in [-0.25, -0.2) is 0 Å². The van der Waals surface area contributed by atoms with Crippen molar-refractivity contribution in [3.8, 4) is 11.5 Å². The van der Waals surface area contributed by atoms with Crippen molar-refractivity contribution in [2.24, 2.45) is 0 Å². The standard InChI is InChI=1S/C25H31NO5/c1-28-21-10-7-18(15-23(21)31-17-19-5-3-2-4-6-19)8-12-25(27)26-20-9-11-22-24(16-20)30-14-13-29-22/h2-7,10,15,20,22,24H,8-9,11-14,16-17H2,1H3,(H,26,27)/t20-,22+,24+/m1/s1. The monoisotopic (exact) mass is 425 g/mol. The maximum absolute atomic E-state index is 12.5. The summed E-state index contributed by atoms with van der Waals surface area (Å²) in [7, 11) is 1.63. The van der Waals surface area contributed by atoms with Crippen LogP contribution in [0.1, 0.15) is 36.8 Å². The number of methoxy groups -OCH3 is 1. The fourth-order valence-corrected chi connectivity index (χ4v) is 4.28. The second-order valence-electron chi connectivity index (χ2n) is 8.16. The zero-order valence-electron chi connectivity index (χ0n) is 18.0. The molecule has 31 heavy (non-hydrogen) atoms. The molecule has 2 fully saturated rings. The smallest absolute Gasteiger partial charge is 0.220 e. The van der Waals surface area contributed by atoms with Gasteiger partial charge in [-0.2, -0.15) is 0 Å². The van der Waals surface area contributed by atoms with Crippen molar-refractivity contribution in [2.45, 2.75) is 57.0 Å². The Bertz CT molecular complexity index is 856. The van der Waals surface area contributed by atoms with Crippen LogP contribution in [0.25, 0.3) is 0 Å². The Morgan fingerprint density at radius 3 is 2.61 bits per heavy atom. The zero-order valence-corrected chi connectivity index (χ0v) is 18.0. The van der Waals surface area contributed by atoms with Crippen molar-refractivity contribution in [1.82, 2.24) is 5.32 Å². The minimum Gasteiger partial charge on any atom is -0.493 e. The van der Waals surface area contributed by atoms with Gasteiger partial charge in [-0.1, -0.05) is 36.4 Å².